The van der Waals surface area contributed by atoms with E-state index in [-0.39, 0.29) is 32.4 Å². The summed E-state index contributed by atoms with van der Waals surface area (Å²) in [6.45, 7) is 2.88. The fourth-order valence-corrected chi connectivity index (χ4v) is 5.27. The van der Waals surface area contributed by atoms with E-state index in [1.165, 1.54) is 26.0 Å². The van der Waals surface area contributed by atoms with Gasteiger partial charge in [0.15, 0.2) is 0 Å². The van der Waals surface area contributed by atoms with E-state index in [1.807, 2.05) is 5.32 Å². The standard InChI is InChI=1S/C35H49N7O17S/c1-35(2,60)27(32(56)57)42-29(51)22(15-26(48)49)39-28(50)21(14-25(46)47)38-23(43)13-17-6-8-18(9-7-17)16-37-33(58)36-12-4-3-5-19(30(52)53)40-34(59)41-20(31(54)55)10-11-24(44)45/h6-9,19-22,27,60H,3-5,10-16H2,1-2H3,(H,38,43)(H,39,50)(H,42,51)(H,44,45)(H,46,47)(H,48,49)(H,52,53)(H,54,55)(H,56,57)(H2,36,37,58)(H2,40,41,59)/t19-,20-,21-,22-,27+/m0/s1. The molecule has 0 aliphatic carbocycles. The number of carboxylic acid groups (broad SMARTS) is 6. The van der Waals surface area contributed by atoms with E-state index in [2.05, 4.69) is 44.5 Å². The molecule has 1 aromatic rings. The van der Waals surface area contributed by atoms with Crippen LogP contribution in [0.3, 0.4) is 0 Å². The fourth-order valence-electron chi connectivity index (χ4n) is 5.09. The van der Waals surface area contributed by atoms with Crippen LogP contribution in [0, 0.1) is 0 Å². The van der Waals surface area contributed by atoms with Crippen molar-refractivity contribution in [3.8, 4) is 0 Å². The second kappa shape index (κ2) is 25.0. The summed E-state index contributed by atoms with van der Waals surface area (Å²) in [7, 11) is 0. The van der Waals surface area contributed by atoms with Gasteiger partial charge in [0.05, 0.1) is 19.3 Å². The molecular formula is C35H49N7O17S. The van der Waals surface area contributed by atoms with Gasteiger partial charge < -0.3 is 67.9 Å². The van der Waals surface area contributed by atoms with E-state index in [0.29, 0.717) is 17.5 Å². The lowest BCUT2D eigenvalue weighted by molar-refractivity contribution is -0.145. The molecule has 0 aliphatic rings. The Balaban J connectivity index is 2.67. The Hall–Kier alpha value is -6.66. The predicted octanol–water partition coefficient (Wildman–Crippen LogP) is -1.53. The third kappa shape index (κ3) is 20.7. The molecule has 5 atom stereocenters. The number of thiol groups is 1. The van der Waals surface area contributed by atoms with Crippen LogP contribution < -0.4 is 37.2 Å². The molecule has 0 saturated heterocycles. The van der Waals surface area contributed by atoms with Crippen LogP contribution in [0.25, 0.3) is 0 Å². The van der Waals surface area contributed by atoms with Crippen LogP contribution in [0.5, 0.6) is 0 Å². The number of carboxylic acids is 6. The first kappa shape index (κ1) is 51.4. The summed E-state index contributed by atoms with van der Waals surface area (Å²) in [6, 6.07) is -3.71. The zero-order valence-electron chi connectivity index (χ0n) is 32.4. The number of carbonyl (C=O) groups excluding carboxylic acids is 5. The maximum absolute atomic E-state index is 13.0. The van der Waals surface area contributed by atoms with Crippen molar-refractivity contribution in [3.05, 3.63) is 35.4 Å². The van der Waals surface area contributed by atoms with Crippen molar-refractivity contribution in [3.63, 3.8) is 0 Å². The number of unbranched alkanes of at least 4 members (excludes halogenated alkanes) is 1. The zero-order valence-corrected chi connectivity index (χ0v) is 33.3. The predicted molar refractivity (Wildman–Crippen MR) is 207 cm³/mol. The SMILES string of the molecule is CC(C)(S)[C@H](NC(=O)[C@H](CC(=O)O)NC(=O)[C@H](CC(=O)O)NC(=O)Cc1ccc(CNC(=O)NCCCC[C@H](NC(=O)N[C@@H](CCC(=O)O)C(=O)O)C(=O)O)cc1)C(=O)O. The van der Waals surface area contributed by atoms with Crippen LogP contribution in [-0.4, -0.2) is 138 Å². The lowest BCUT2D eigenvalue weighted by atomic mass is 10.0. The van der Waals surface area contributed by atoms with Crippen molar-refractivity contribution in [2.24, 2.45) is 0 Å². The van der Waals surface area contributed by atoms with Crippen molar-refractivity contribution < 1.29 is 83.4 Å². The first-order valence-electron chi connectivity index (χ1n) is 18.0. The third-order valence-electron chi connectivity index (χ3n) is 8.18. The molecule has 60 heavy (non-hydrogen) atoms. The van der Waals surface area contributed by atoms with Crippen LogP contribution >= 0.6 is 12.6 Å². The number of carbonyl (C=O) groups is 11. The van der Waals surface area contributed by atoms with E-state index in [9.17, 15) is 73.2 Å². The minimum absolute atomic E-state index is 0.0346. The molecule has 332 valence electrons. The Kier molecular flexibility index (Phi) is 21.4. The highest BCUT2D eigenvalue weighted by Gasteiger charge is 2.37. The van der Waals surface area contributed by atoms with Crippen molar-refractivity contribution in [2.75, 3.05) is 6.54 Å². The van der Waals surface area contributed by atoms with E-state index < -0.39 is 126 Å². The summed E-state index contributed by atoms with van der Waals surface area (Å²) in [5.41, 5.74) is 0.993. The van der Waals surface area contributed by atoms with Gasteiger partial charge in [0.2, 0.25) is 17.7 Å². The Bertz CT molecular complexity index is 1750. The lowest BCUT2D eigenvalue weighted by Gasteiger charge is -2.29. The molecule has 25 heteroatoms. The molecule has 0 unspecified atom stereocenters. The zero-order chi connectivity index (χ0) is 45.7. The van der Waals surface area contributed by atoms with Crippen molar-refractivity contribution >= 4 is 78.2 Å². The first-order valence-corrected chi connectivity index (χ1v) is 18.5. The number of hydrogen-bond donors (Lipinski definition) is 14. The molecule has 0 aromatic heterocycles. The molecular weight excluding hydrogens is 822 g/mol. The van der Waals surface area contributed by atoms with Crippen LogP contribution in [-0.2, 0) is 56.1 Å². The van der Waals surface area contributed by atoms with Gasteiger partial charge in [0, 0.05) is 24.3 Å². The summed E-state index contributed by atoms with van der Waals surface area (Å²) in [5, 5.41) is 71.0. The Morgan fingerprint density at radius 1 is 0.567 bits per heavy atom. The van der Waals surface area contributed by atoms with Gasteiger partial charge in [-0.1, -0.05) is 24.3 Å². The van der Waals surface area contributed by atoms with Gasteiger partial charge in [-0.25, -0.2) is 24.0 Å². The van der Waals surface area contributed by atoms with Gasteiger partial charge in [-0.3, -0.25) is 28.8 Å². The molecule has 0 radical (unpaired) electrons. The summed E-state index contributed by atoms with van der Waals surface area (Å²) < 4.78 is -1.32. The molecule has 0 heterocycles. The summed E-state index contributed by atoms with van der Waals surface area (Å²) >= 11 is 4.12. The summed E-state index contributed by atoms with van der Waals surface area (Å²) in [6.07, 6.45) is -2.83. The van der Waals surface area contributed by atoms with Gasteiger partial charge in [-0.05, 0) is 50.7 Å². The molecule has 24 nitrogen and oxygen atoms in total. The van der Waals surface area contributed by atoms with Gasteiger partial charge in [-0.2, -0.15) is 12.6 Å². The molecule has 0 bridgehead atoms. The maximum atomic E-state index is 13.0. The van der Waals surface area contributed by atoms with Gasteiger partial charge in [0.1, 0.15) is 30.2 Å². The number of nitrogens with one attached hydrogen (secondary N) is 7. The van der Waals surface area contributed by atoms with Gasteiger partial charge in [-0.15, -0.1) is 0 Å². The van der Waals surface area contributed by atoms with Crippen LogP contribution in [0.15, 0.2) is 24.3 Å². The highest BCUT2D eigenvalue weighted by atomic mass is 32.1. The highest BCUT2D eigenvalue weighted by molar-refractivity contribution is 7.81. The van der Waals surface area contributed by atoms with Gasteiger partial charge in [0.25, 0.3) is 0 Å². The van der Waals surface area contributed by atoms with E-state index in [0.717, 1.165) is 0 Å². The topological polar surface area (TPSA) is 393 Å². The van der Waals surface area contributed by atoms with E-state index >= 15 is 0 Å². The normalized spacial score (nSPS) is 13.4. The van der Waals surface area contributed by atoms with Gasteiger partial charge >= 0.3 is 47.9 Å². The molecule has 0 spiro atoms. The number of hydrogen-bond acceptors (Lipinski definition) is 12. The maximum Gasteiger partial charge on any atom is 0.327 e. The van der Waals surface area contributed by atoms with Crippen LogP contribution in [0.2, 0.25) is 0 Å². The van der Waals surface area contributed by atoms with Crippen LogP contribution in [0.4, 0.5) is 9.59 Å². The van der Waals surface area contributed by atoms with E-state index in [4.69, 9.17) is 10.2 Å². The number of benzene rings is 1. The molecule has 1 aromatic carbocycles. The van der Waals surface area contributed by atoms with Crippen molar-refractivity contribution in [2.45, 2.75) is 107 Å². The fraction of sp³-hybridized carbons (Fsp3) is 0.514. The highest BCUT2D eigenvalue weighted by Crippen LogP contribution is 2.18. The molecule has 13 N–H and O–H groups in total. The average molecular weight is 872 g/mol. The summed E-state index contributed by atoms with van der Waals surface area (Å²) in [5.74, 6) is -12.0. The number of urea groups is 2. The van der Waals surface area contributed by atoms with E-state index in [1.54, 1.807) is 12.1 Å². The molecule has 0 saturated carbocycles. The van der Waals surface area contributed by atoms with Crippen molar-refractivity contribution in [1.29, 1.82) is 0 Å². The quantitative estimate of drug-likeness (QED) is 0.0352. The molecule has 1 rings (SSSR count). The number of rotatable bonds is 27. The second-order valence-corrected chi connectivity index (χ2v) is 14.9. The molecule has 0 fully saturated rings. The minimum Gasteiger partial charge on any atom is -0.481 e. The van der Waals surface area contributed by atoms with Crippen LogP contribution in [0.1, 0.15) is 69.9 Å². The smallest absolute Gasteiger partial charge is 0.327 e. The van der Waals surface area contributed by atoms with Crippen molar-refractivity contribution in [1.82, 2.24) is 37.2 Å². The lowest BCUT2D eigenvalue weighted by Crippen LogP contribution is -2.59. The first-order chi connectivity index (χ1) is 27.9. The molecule has 0 aliphatic heterocycles. The average Bonchev–Trinajstić information content (AvgIpc) is 3.12. The Labute approximate surface area is 347 Å². The Morgan fingerprint density at radius 2 is 1.07 bits per heavy atom. The monoisotopic (exact) mass is 871 g/mol. The number of amides is 7. The minimum atomic E-state index is -1.85. The largest absolute Gasteiger partial charge is 0.481 e. The Morgan fingerprint density at radius 3 is 1.55 bits per heavy atom. The number of aliphatic carboxylic acids is 6. The molecule has 7 amide bonds. The third-order valence-corrected chi connectivity index (χ3v) is 8.44. The second-order valence-electron chi connectivity index (χ2n) is 13.7. The summed E-state index contributed by atoms with van der Waals surface area (Å²) in [4.78, 5) is 131.